The first-order valence-electron chi connectivity index (χ1n) is 24.7. The van der Waals surface area contributed by atoms with Crippen molar-refractivity contribution in [2.45, 2.75) is 175 Å². The minimum atomic E-state index is -1.66. The molecule has 1 saturated carbocycles. The number of rotatable bonds is 18. The number of carbonyl (C=O) groups excluding carboxylic acids is 2. The molecule has 0 aromatic heterocycles. The van der Waals surface area contributed by atoms with Crippen LogP contribution in [0.2, 0.25) is 0 Å². The number of benzene rings is 3. The molecule has 3 aromatic rings. The smallest absolute Gasteiger partial charge is 0.407 e. The molecule has 0 bridgehead atoms. The van der Waals surface area contributed by atoms with E-state index in [9.17, 15) is 40.2 Å². The van der Waals surface area contributed by atoms with E-state index in [-0.39, 0.29) is 38.8 Å². The topological polar surface area (TPSA) is 289 Å². The van der Waals surface area contributed by atoms with Gasteiger partial charge in [0.05, 0.1) is 49.3 Å². The number of carbonyl (C=O) groups is 2. The number of hydrogen-bond donors (Lipinski definition) is 9. The molecule has 3 aromatic carbocycles. The van der Waals surface area contributed by atoms with Gasteiger partial charge in [0.25, 0.3) is 0 Å². The molecule has 19 atom stereocenters. The summed E-state index contributed by atoms with van der Waals surface area (Å²) in [5, 5.41) is 72.4. The van der Waals surface area contributed by atoms with E-state index in [4.69, 9.17) is 48.4 Å². The van der Waals surface area contributed by atoms with Crippen LogP contribution < -0.4 is 16.4 Å². The van der Waals surface area contributed by atoms with Crippen LogP contribution in [0.3, 0.4) is 0 Å². The maximum absolute atomic E-state index is 13.4. The second kappa shape index (κ2) is 25.0. The van der Waals surface area contributed by atoms with Crippen molar-refractivity contribution in [3.8, 4) is 0 Å². The summed E-state index contributed by atoms with van der Waals surface area (Å²) in [6, 6.07) is 24.6. The van der Waals surface area contributed by atoms with E-state index in [1.165, 1.54) is 0 Å². The fraction of sp³-hybridized carbons (Fsp3) is 0.608. The van der Waals surface area contributed by atoms with Crippen LogP contribution in [0.5, 0.6) is 0 Å². The van der Waals surface area contributed by atoms with Gasteiger partial charge in [-0.3, -0.25) is 0 Å². The Labute approximate surface area is 412 Å². The van der Waals surface area contributed by atoms with Crippen molar-refractivity contribution in [2.75, 3.05) is 13.2 Å². The van der Waals surface area contributed by atoms with Gasteiger partial charge in [-0.05, 0) is 61.1 Å². The molecule has 71 heavy (non-hydrogen) atoms. The number of alkyl carbamates (subject to hydrolysis) is 2. The molecule has 2 amide bonds. The second-order valence-electron chi connectivity index (χ2n) is 19.1. The monoisotopic (exact) mass is 995 g/mol. The predicted octanol–water partition coefficient (Wildman–Crippen LogP) is 2.18. The maximum atomic E-state index is 13.4. The van der Waals surface area contributed by atoms with E-state index in [2.05, 4.69) is 10.6 Å². The number of amides is 2. The van der Waals surface area contributed by atoms with E-state index in [0.717, 1.165) is 16.7 Å². The third-order valence-corrected chi connectivity index (χ3v) is 14.0. The van der Waals surface area contributed by atoms with Gasteiger partial charge in [0.15, 0.2) is 18.9 Å². The summed E-state index contributed by atoms with van der Waals surface area (Å²) in [5.41, 5.74) is 8.86. The standard InChI is InChI=1S/C51H69N3O17/c1-28-23-32(52)40(58)46(43(28)69-47-33(24-34(57)36(66-47)19-11-12-22-55)53-50(61)63-26-29-13-5-2-6-14-29)71-49-42(60)45(38(25-56)68-49)70-48-39(54-51(62)64-27-30-15-7-3-8-16-30)41(59)44-37(67-48)21-20-35(65-44)31-17-9-4-10-18-31/h2-10,13-18,28,32-49,55-60H,11-12,19-27,52H2,1H3,(H,53,61)(H,54,62)/t28-,32+,33+,34-,35?,36+,37-,38+,39+,40-,41+,42+,43+,44+,45+,46+,47+,48+,49-/m0/s1. The zero-order chi connectivity index (χ0) is 50.0. The van der Waals surface area contributed by atoms with Crippen molar-refractivity contribution in [1.29, 1.82) is 0 Å². The third-order valence-electron chi connectivity index (χ3n) is 14.0. The third kappa shape index (κ3) is 13.3. The highest BCUT2D eigenvalue weighted by Crippen LogP contribution is 2.41. The largest absolute Gasteiger partial charge is 0.445 e. The Kier molecular flexibility index (Phi) is 18.7. The molecule has 0 spiro atoms. The normalized spacial score (nSPS) is 37.1. The molecular weight excluding hydrogens is 927 g/mol. The Balaban J connectivity index is 0.982. The molecule has 1 aliphatic carbocycles. The summed E-state index contributed by atoms with van der Waals surface area (Å²) >= 11 is 0. The molecule has 20 nitrogen and oxygen atoms in total. The second-order valence-corrected chi connectivity index (χ2v) is 19.1. The van der Waals surface area contributed by atoms with Crippen LogP contribution in [-0.2, 0) is 55.8 Å². The zero-order valence-corrected chi connectivity index (χ0v) is 39.7. The van der Waals surface area contributed by atoms with Crippen molar-refractivity contribution >= 4 is 12.2 Å². The molecule has 20 heteroatoms. The van der Waals surface area contributed by atoms with Gasteiger partial charge in [-0.25, -0.2) is 9.59 Å². The molecule has 8 rings (SSSR count). The number of nitrogens with one attached hydrogen (secondary N) is 2. The first-order valence-corrected chi connectivity index (χ1v) is 24.7. The first kappa shape index (κ1) is 52.9. The van der Waals surface area contributed by atoms with Crippen molar-refractivity contribution in [2.24, 2.45) is 11.7 Å². The number of unbranched alkanes of at least 4 members (excludes halogenated alkanes) is 1. The number of nitrogens with two attached hydrogens (primary N) is 1. The molecule has 390 valence electrons. The van der Waals surface area contributed by atoms with Gasteiger partial charge >= 0.3 is 12.2 Å². The lowest BCUT2D eigenvalue weighted by molar-refractivity contribution is -0.310. The number of ether oxygens (including phenoxy) is 9. The van der Waals surface area contributed by atoms with Crippen molar-refractivity contribution in [3.05, 3.63) is 108 Å². The quantitative estimate of drug-likeness (QED) is 0.0826. The van der Waals surface area contributed by atoms with Gasteiger partial charge in [-0.15, -0.1) is 0 Å². The van der Waals surface area contributed by atoms with Crippen LogP contribution in [0.4, 0.5) is 9.59 Å². The molecule has 0 radical (unpaired) electrons. The Morgan fingerprint density at radius 2 is 1.25 bits per heavy atom. The number of fused-ring (bicyclic) bond motifs is 1. The van der Waals surface area contributed by atoms with E-state index in [0.29, 0.717) is 32.1 Å². The summed E-state index contributed by atoms with van der Waals surface area (Å²) in [5.74, 6) is -0.413. The van der Waals surface area contributed by atoms with Gasteiger partial charge in [0.1, 0.15) is 55.9 Å². The Morgan fingerprint density at radius 3 is 1.90 bits per heavy atom. The van der Waals surface area contributed by atoms with Gasteiger partial charge < -0.3 is 89.6 Å². The van der Waals surface area contributed by atoms with Crippen molar-refractivity contribution in [1.82, 2.24) is 10.6 Å². The summed E-state index contributed by atoms with van der Waals surface area (Å²) in [6.45, 7) is 1.03. The number of hydrogen-bond acceptors (Lipinski definition) is 18. The average Bonchev–Trinajstić information content (AvgIpc) is 3.68. The van der Waals surface area contributed by atoms with E-state index in [1.807, 2.05) is 73.7 Å². The van der Waals surface area contributed by atoms with E-state index in [1.54, 1.807) is 24.3 Å². The van der Waals surface area contributed by atoms with Gasteiger partial charge in [0, 0.05) is 19.1 Å². The first-order chi connectivity index (χ1) is 34.4. The van der Waals surface area contributed by atoms with Crippen molar-refractivity contribution in [3.63, 3.8) is 0 Å². The molecule has 4 heterocycles. The Morgan fingerprint density at radius 1 is 0.648 bits per heavy atom. The summed E-state index contributed by atoms with van der Waals surface area (Å²) < 4.78 is 55.8. The average molecular weight is 996 g/mol. The summed E-state index contributed by atoms with van der Waals surface area (Å²) in [4.78, 5) is 26.6. The van der Waals surface area contributed by atoms with Crippen LogP contribution in [0.1, 0.15) is 74.7 Å². The fourth-order valence-electron chi connectivity index (χ4n) is 10.2. The molecule has 4 aliphatic heterocycles. The molecule has 5 aliphatic rings. The van der Waals surface area contributed by atoms with Crippen LogP contribution in [0.15, 0.2) is 91.0 Å². The minimum absolute atomic E-state index is 0.0162. The van der Waals surface area contributed by atoms with Crippen LogP contribution in [0.25, 0.3) is 0 Å². The van der Waals surface area contributed by atoms with Gasteiger partial charge in [0.2, 0.25) is 0 Å². The minimum Gasteiger partial charge on any atom is -0.445 e. The van der Waals surface area contributed by atoms with Crippen LogP contribution >= 0.6 is 0 Å². The molecule has 1 unspecified atom stereocenters. The van der Waals surface area contributed by atoms with Crippen LogP contribution in [0, 0.1) is 5.92 Å². The van der Waals surface area contributed by atoms with Crippen molar-refractivity contribution < 1.29 is 82.9 Å². The maximum Gasteiger partial charge on any atom is 0.407 e. The molecular formula is C51H69N3O17. The highest BCUT2D eigenvalue weighted by Gasteiger charge is 2.56. The van der Waals surface area contributed by atoms with Gasteiger partial charge in [-0.1, -0.05) is 97.9 Å². The number of aliphatic hydroxyl groups excluding tert-OH is 6. The lowest BCUT2D eigenvalue weighted by Gasteiger charge is -2.48. The molecule has 4 saturated heterocycles. The van der Waals surface area contributed by atoms with Crippen LogP contribution in [-0.4, -0.2) is 160 Å². The van der Waals surface area contributed by atoms with Gasteiger partial charge in [-0.2, -0.15) is 0 Å². The van der Waals surface area contributed by atoms with E-state index >= 15 is 0 Å². The Hall–Kier alpha value is -4.36. The molecule has 10 N–H and O–H groups in total. The SMILES string of the molecule is C[C@H]1C[C@@H](N)[C@H](O)[C@@H](O[C@@H]2O[C@H](CO)[C@@H](O[C@H]3O[C@H]4CCC(c5ccccc5)O[C@H]4[C@H](O)[C@H]3NC(=O)OCc3ccccc3)[C@H]2O)[C@@H]1O[C@H]1O[C@H](CCCCO)[C@@H](O)C[C@H]1NC(=O)OCc1ccccc1. The Bertz CT molecular complexity index is 2100. The molecule has 5 fully saturated rings. The number of aliphatic hydroxyl groups is 6. The highest BCUT2D eigenvalue weighted by atomic mass is 16.8. The summed E-state index contributed by atoms with van der Waals surface area (Å²) in [7, 11) is 0. The lowest BCUT2D eigenvalue weighted by atomic mass is 9.80. The fourth-order valence-corrected chi connectivity index (χ4v) is 10.2. The zero-order valence-electron chi connectivity index (χ0n) is 39.7. The highest BCUT2D eigenvalue weighted by molar-refractivity contribution is 5.68. The van der Waals surface area contributed by atoms with E-state index < -0.39 is 129 Å². The summed E-state index contributed by atoms with van der Waals surface area (Å²) in [6.07, 6.45) is -16.2. The predicted molar refractivity (Wildman–Crippen MR) is 249 cm³/mol. The lowest BCUT2D eigenvalue weighted by Crippen LogP contribution is -2.66.